The number of fused-ring (bicyclic) bond motifs is 4. The second-order valence-corrected chi connectivity index (χ2v) is 13.1. The molecule has 5 atom stereocenters. The molecule has 1 aromatic carbocycles. The number of carboxylic acids is 1. The molecular formula is C33H40ClN3O5. The van der Waals surface area contributed by atoms with E-state index in [0.717, 1.165) is 37.1 Å². The number of anilines is 1. The van der Waals surface area contributed by atoms with E-state index in [1.54, 1.807) is 12.1 Å². The van der Waals surface area contributed by atoms with Gasteiger partial charge >= 0.3 is 5.97 Å². The van der Waals surface area contributed by atoms with E-state index in [0.29, 0.717) is 49.9 Å². The number of nitrogens with zero attached hydrogens (tertiary/aromatic N) is 3. The normalized spacial score (nSPS) is 32.2. The van der Waals surface area contributed by atoms with E-state index in [1.165, 1.54) is 11.1 Å². The number of halogens is 1. The summed E-state index contributed by atoms with van der Waals surface area (Å²) >= 11 is 6.39. The molecule has 2 aliphatic heterocycles. The van der Waals surface area contributed by atoms with Crippen LogP contribution in [0.1, 0.15) is 55.3 Å². The minimum Gasteiger partial charge on any atom is -0.489 e. The maximum absolute atomic E-state index is 12.6. The smallest absolute Gasteiger partial charge is 0.342 e. The molecule has 1 aromatic heterocycles. The summed E-state index contributed by atoms with van der Waals surface area (Å²) in [5, 5.41) is 33.7. The van der Waals surface area contributed by atoms with Crippen molar-refractivity contribution in [3.05, 3.63) is 76.6 Å². The van der Waals surface area contributed by atoms with Gasteiger partial charge in [-0.1, -0.05) is 36.4 Å². The number of hydrogen-bond donors (Lipinski definition) is 3. The summed E-state index contributed by atoms with van der Waals surface area (Å²) in [4.78, 5) is 21.5. The van der Waals surface area contributed by atoms with Crippen molar-refractivity contribution in [2.24, 2.45) is 11.8 Å². The van der Waals surface area contributed by atoms with Gasteiger partial charge in [0, 0.05) is 49.2 Å². The van der Waals surface area contributed by atoms with Crippen LogP contribution in [0.4, 0.5) is 5.82 Å². The van der Waals surface area contributed by atoms with Crippen LogP contribution >= 0.6 is 11.6 Å². The molecule has 3 heterocycles. The molecule has 8 nitrogen and oxygen atoms in total. The van der Waals surface area contributed by atoms with Gasteiger partial charge in [0.05, 0.1) is 18.4 Å². The van der Waals surface area contributed by atoms with E-state index >= 15 is 0 Å². The Balaban J connectivity index is 1.46. The van der Waals surface area contributed by atoms with Crippen molar-refractivity contribution < 1.29 is 24.9 Å². The standard InChI is InChI=1S/C33H40ClN3O5/c1-21-17-33(41,31(39)40)29-13-12-28-30(35-29)37(18-23-8-10-25(23)27(38)7-3-4-15-36(21)2)19-32(20-42-28)14-5-6-22-16-24(34)9-11-26(22)32/h3,7,9,11-13,16,23,25,27,38,41H,1,4-6,8,10,14-15,17-20H2,2H3,(H,39,40)/b7-3+/t23-,25+,27-,32-,33+/m0/s1. The molecule has 0 amide bonds. The lowest BCUT2D eigenvalue weighted by Gasteiger charge is -2.45. The fourth-order valence-electron chi connectivity index (χ4n) is 7.28. The first kappa shape index (κ1) is 29.0. The Kier molecular flexibility index (Phi) is 7.75. The van der Waals surface area contributed by atoms with Crippen LogP contribution in [0.2, 0.25) is 5.02 Å². The second-order valence-electron chi connectivity index (χ2n) is 12.7. The number of rotatable bonds is 1. The van der Waals surface area contributed by atoms with Crippen molar-refractivity contribution in [2.45, 2.75) is 62.1 Å². The average Bonchev–Trinajstić information content (AvgIpc) is 3.09. The number of hydrogen-bond acceptors (Lipinski definition) is 7. The Labute approximate surface area is 252 Å². The Bertz CT molecular complexity index is 1410. The van der Waals surface area contributed by atoms with E-state index < -0.39 is 17.7 Å². The molecule has 1 fully saturated rings. The molecule has 2 bridgehead atoms. The second kappa shape index (κ2) is 11.2. The number of pyridine rings is 1. The van der Waals surface area contributed by atoms with Crippen LogP contribution in [-0.2, 0) is 22.2 Å². The Morgan fingerprint density at radius 1 is 1.24 bits per heavy atom. The van der Waals surface area contributed by atoms with Crippen LogP contribution < -0.4 is 9.64 Å². The molecule has 0 radical (unpaired) electrons. The quantitative estimate of drug-likeness (QED) is 0.410. The van der Waals surface area contributed by atoms with E-state index in [-0.39, 0.29) is 29.4 Å². The summed E-state index contributed by atoms with van der Waals surface area (Å²) in [5.41, 5.74) is 0.440. The largest absolute Gasteiger partial charge is 0.489 e. The molecule has 2 aliphatic carbocycles. The molecule has 9 heteroatoms. The van der Waals surface area contributed by atoms with Gasteiger partial charge in [-0.25, -0.2) is 9.78 Å². The maximum Gasteiger partial charge on any atom is 0.342 e. The number of carboxylic acid groups (broad SMARTS) is 1. The molecule has 42 heavy (non-hydrogen) atoms. The van der Waals surface area contributed by atoms with Crippen LogP contribution in [0, 0.1) is 11.8 Å². The van der Waals surface area contributed by atoms with Crippen LogP contribution in [0.15, 0.2) is 54.8 Å². The zero-order valence-corrected chi connectivity index (χ0v) is 24.9. The monoisotopic (exact) mass is 593 g/mol. The van der Waals surface area contributed by atoms with Gasteiger partial charge in [0.15, 0.2) is 11.6 Å². The number of ether oxygens (including phenoxy) is 1. The zero-order chi connectivity index (χ0) is 29.6. The van der Waals surface area contributed by atoms with Gasteiger partial charge in [-0.15, -0.1) is 0 Å². The lowest BCUT2D eigenvalue weighted by Crippen LogP contribution is -2.49. The minimum atomic E-state index is -2.26. The third kappa shape index (κ3) is 5.18. The molecule has 3 N–H and O–H groups in total. The highest BCUT2D eigenvalue weighted by Crippen LogP contribution is 2.46. The van der Waals surface area contributed by atoms with Crippen LogP contribution in [0.5, 0.6) is 5.75 Å². The van der Waals surface area contributed by atoms with Crippen molar-refractivity contribution in [3.63, 3.8) is 0 Å². The molecule has 1 spiro atoms. The van der Waals surface area contributed by atoms with Crippen LogP contribution in [-0.4, -0.2) is 70.6 Å². The molecule has 224 valence electrons. The molecule has 0 unspecified atom stereocenters. The summed E-state index contributed by atoms with van der Waals surface area (Å²) in [6.45, 7) is 6.39. The molecule has 0 saturated heterocycles. The van der Waals surface area contributed by atoms with Crippen molar-refractivity contribution in [1.29, 1.82) is 0 Å². The number of benzene rings is 1. The molecule has 2 aromatic rings. The van der Waals surface area contributed by atoms with Crippen molar-refractivity contribution in [3.8, 4) is 5.75 Å². The predicted molar refractivity (Wildman–Crippen MR) is 162 cm³/mol. The maximum atomic E-state index is 12.6. The molecule has 4 aliphatic rings. The first-order valence-electron chi connectivity index (χ1n) is 15.0. The number of aliphatic carboxylic acids is 1. The van der Waals surface area contributed by atoms with E-state index in [4.69, 9.17) is 21.3 Å². The van der Waals surface area contributed by atoms with Crippen molar-refractivity contribution in [1.82, 2.24) is 9.88 Å². The Morgan fingerprint density at radius 3 is 2.83 bits per heavy atom. The minimum absolute atomic E-state index is 0.0564. The summed E-state index contributed by atoms with van der Waals surface area (Å²) in [5.74, 6) is 0.0927. The highest BCUT2D eigenvalue weighted by atomic mass is 35.5. The van der Waals surface area contributed by atoms with Gasteiger partial charge in [0.25, 0.3) is 0 Å². The average molecular weight is 594 g/mol. The first-order valence-corrected chi connectivity index (χ1v) is 15.3. The van der Waals surface area contributed by atoms with Gasteiger partial charge in [-0.05, 0) is 85.8 Å². The van der Waals surface area contributed by atoms with Crippen molar-refractivity contribution in [2.75, 3.05) is 38.2 Å². The molecule has 6 rings (SSSR count). The highest BCUT2D eigenvalue weighted by Gasteiger charge is 2.46. The SMILES string of the molecule is C=C1C[C@](O)(C(=O)O)c2ccc3c(n2)N(C[C@@H]2CC[C@H]2[C@@H](O)/C=C/CCN1C)C[C@@]1(CCCc2cc(Cl)ccc21)CO3. The topological polar surface area (TPSA) is 106 Å². The van der Waals surface area contributed by atoms with E-state index in [2.05, 4.69) is 23.6 Å². The lowest BCUT2D eigenvalue weighted by atomic mass is 9.68. The molecule has 1 saturated carbocycles. The van der Waals surface area contributed by atoms with E-state index in [1.807, 2.05) is 30.2 Å². The number of aryl methyl sites for hydroxylation is 1. The number of aromatic nitrogens is 1. The number of aliphatic hydroxyl groups is 2. The Hall–Kier alpha value is -3.07. The van der Waals surface area contributed by atoms with Gasteiger partial charge in [0.2, 0.25) is 5.60 Å². The predicted octanol–water partition coefficient (Wildman–Crippen LogP) is 4.66. The third-order valence-electron chi connectivity index (χ3n) is 9.99. The Morgan fingerprint density at radius 2 is 2.07 bits per heavy atom. The molecular weight excluding hydrogens is 554 g/mol. The summed E-state index contributed by atoms with van der Waals surface area (Å²) in [6, 6.07) is 9.43. The van der Waals surface area contributed by atoms with Gasteiger partial charge in [-0.2, -0.15) is 0 Å². The fourth-order valence-corrected chi connectivity index (χ4v) is 7.47. The number of aliphatic hydroxyl groups excluding tert-OH is 1. The van der Waals surface area contributed by atoms with Crippen molar-refractivity contribution >= 4 is 23.4 Å². The van der Waals surface area contributed by atoms with Gasteiger partial charge in [-0.3, -0.25) is 0 Å². The number of carbonyl (C=O) groups is 1. The summed E-state index contributed by atoms with van der Waals surface area (Å²) < 4.78 is 6.51. The van der Waals surface area contributed by atoms with Crippen LogP contribution in [0.3, 0.4) is 0 Å². The summed E-state index contributed by atoms with van der Waals surface area (Å²) in [6.07, 6.45) is 8.64. The zero-order valence-electron chi connectivity index (χ0n) is 24.1. The summed E-state index contributed by atoms with van der Waals surface area (Å²) in [7, 11) is 1.83. The first-order chi connectivity index (χ1) is 20.1. The van der Waals surface area contributed by atoms with E-state index in [9.17, 15) is 20.1 Å². The van der Waals surface area contributed by atoms with Crippen LogP contribution in [0.25, 0.3) is 0 Å². The van der Waals surface area contributed by atoms with Gasteiger partial charge in [0.1, 0.15) is 0 Å². The third-order valence-corrected chi connectivity index (χ3v) is 10.2. The fraction of sp³-hybridized carbons (Fsp3) is 0.515. The van der Waals surface area contributed by atoms with Gasteiger partial charge < -0.3 is 29.9 Å². The highest BCUT2D eigenvalue weighted by molar-refractivity contribution is 6.30. The lowest BCUT2D eigenvalue weighted by molar-refractivity contribution is -0.160.